The molecular formula is C17H30N2O3. The lowest BCUT2D eigenvalue weighted by Crippen LogP contribution is -2.42. The molecule has 5 nitrogen and oxygen atoms in total. The number of likely N-dealkylation sites (tertiary alicyclic amines) is 2. The van der Waals surface area contributed by atoms with Crippen LogP contribution in [-0.4, -0.2) is 61.5 Å². The average molecular weight is 310 g/mol. The summed E-state index contributed by atoms with van der Waals surface area (Å²) in [4.78, 5) is 27.9. The number of methoxy groups -OCH3 is 1. The molecule has 5 heteroatoms. The van der Waals surface area contributed by atoms with E-state index in [4.69, 9.17) is 4.74 Å². The maximum Gasteiger partial charge on any atom is 0.224 e. The van der Waals surface area contributed by atoms with Gasteiger partial charge in [0.05, 0.1) is 0 Å². The molecule has 0 radical (unpaired) electrons. The van der Waals surface area contributed by atoms with Crippen LogP contribution in [-0.2, 0) is 14.3 Å². The van der Waals surface area contributed by atoms with Gasteiger partial charge >= 0.3 is 0 Å². The van der Waals surface area contributed by atoms with E-state index in [-0.39, 0.29) is 11.8 Å². The third-order valence-electron chi connectivity index (χ3n) is 4.95. The Labute approximate surface area is 134 Å². The van der Waals surface area contributed by atoms with E-state index in [1.807, 2.05) is 9.80 Å². The minimum Gasteiger partial charge on any atom is -0.385 e. The van der Waals surface area contributed by atoms with Gasteiger partial charge in [-0.05, 0) is 44.4 Å². The number of nitrogens with zero attached hydrogens (tertiary/aromatic N) is 2. The van der Waals surface area contributed by atoms with Crippen LogP contribution in [0.1, 0.15) is 51.4 Å². The molecule has 0 bridgehead atoms. The van der Waals surface area contributed by atoms with Crippen molar-refractivity contribution in [3.8, 4) is 0 Å². The van der Waals surface area contributed by atoms with E-state index >= 15 is 0 Å². The fourth-order valence-corrected chi connectivity index (χ4v) is 3.47. The maximum absolute atomic E-state index is 12.3. The highest BCUT2D eigenvalue weighted by Crippen LogP contribution is 2.22. The molecule has 126 valence electrons. The predicted molar refractivity (Wildman–Crippen MR) is 85.5 cm³/mol. The van der Waals surface area contributed by atoms with Crippen LogP contribution < -0.4 is 0 Å². The molecule has 0 aromatic rings. The van der Waals surface area contributed by atoms with Gasteiger partial charge in [0.25, 0.3) is 0 Å². The lowest BCUT2D eigenvalue weighted by Gasteiger charge is -2.33. The van der Waals surface area contributed by atoms with Gasteiger partial charge in [0.15, 0.2) is 0 Å². The Bertz CT molecular complexity index is 365. The molecule has 0 unspecified atom stereocenters. The number of ether oxygens (including phenoxy) is 1. The van der Waals surface area contributed by atoms with Gasteiger partial charge in [-0.3, -0.25) is 9.59 Å². The number of amides is 2. The predicted octanol–water partition coefficient (Wildman–Crippen LogP) is 2.05. The Hall–Kier alpha value is -1.10. The van der Waals surface area contributed by atoms with Crippen molar-refractivity contribution in [1.82, 2.24) is 9.80 Å². The van der Waals surface area contributed by atoms with E-state index in [1.54, 1.807) is 7.11 Å². The molecule has 0 aromatic carbocycles. The Kier molecular flexibility index (Phi) is 7.16. The number of piperidine rings is 2. The molecule has 2 aliphatic heterocycles. The smallest absolute Gasteiger partial charge is 0.224 e. The fraction of sp³-hybridized carbons (Fsp3) is 0.882. The maximum atomic E-state index is 12.3. The van der Waals surface area contributed by atoms with E-state index in [1.165, 1.54) is 6.42 Å². The van der Waals surface area contributed by atoms with Crippen molar-refractivity contribution in [2.24, 2.45) is 5.92 Å². The van der Waals surface area contributed by atoms with Crippen molar-refractivity contribution in [2.75, 3.05) is 39.9 Å². The number of rotatable bonds is 7. The second kappa shape index (κ2) is 9.13. The first-order valence-electron chi connectivity index (χ1n) is 8.75. The zero-order valence-electron chi connectivity index (χ0n) is 13.9. The molecule has 0 aromatic heterocycles. The van der Waals surface area contributed by atoms with Crippen molar-refractivity contribution < 1.29 is 14.3 Å². The van der Waals surface area contributed by atoms with Crippen LogP contribution in [0.15, 0.2) is 0 Å². The Morgan fingerprint density at radius 2 is 2.00 bits per heavy atom. The van der Waals surface area contributed by atoms with E-state index in [0.717, 1.165) is 64.3 Å². The molecule has 2 fully saturated rings. The second-order valence-corrected chi connectivity index (χ2v) is 6.55. The molecular weight excluding hydrogens is 280 g/mol. The lowest BCUT2D eigenvalue weighted by molar-refractivity contribution is -0.136. The van der Waals surface area contributed by atoms with E-state index in [2.05, 4.69) is 0 Å². The summed E-state index contributed by atoms with van der Waals surface area (Å²) in [6.45, 7) is 4.02. The van der Waals surface area contributed by atoms with Crippen LogP contribution in [0.3, 0.4) is 0 Å². The molecule has 0 saturated carbocycles. The highest BCUT2D eigenvalue weighted by atomic mass is 16.5. The average Bonchev–Trinajstić information content (AvgIpc) is 2.55. The normalized spacial score (nSPS) is 20.5. The molecule has 2 rings (SSSR count). The fourth-order valence-electron chi connectivity index (χ4n) is 3.47. The summed E-state index contributed by atoms with van der Waals surface area (Å²) < 4.78 is 5.09. The summed E-state index contributed by atoms with van der Waals surface area (Å²) in [5.74, 6) is 1.17. The molecule has 2 heterocycles. The minimum absolute atomic E-state index is 0.216. The molecule has 2 saturated heterocycles. The van der Waals surface area contributed by atoms with E-state index in [9.17, 15) is 9.59 Å². The van der Waals surface area contributed by atoms with Gasteiger partial charge in [0, 0.05) is 52.7 Å². The second-order valence-electron chi connectivity index (χ2n) is 6.55. The quantitative estimate of drug-likeness (QED) is 0.676. The number of hydrogen-bond donors (Lipinski definition) is 0. The molecule has 0 aliphatic carbocycles. The summed E-state index contributed by atoms with van der Waals surface area (Å²) in [5, 5.41) is 0. The monoisotopic (exact) mass is 310 g/mol. The summed E-state index contributed by atoms with van der Waals surface area (Å²) in [6, 6.07) is 0. The number of carbonyl (C=O) groups is 2. The van der Waals surface area contributed by atoms with Crippen LogP contribution in [0.5, 0.6) is 0 Å². The van der Waals surface area contributed by atoms with Crippen LogP contribution >= 0.6 is 0 Å². The van der Waals surface area contributed by atoms with Crippen LogP contribution in [0.25, 0.3) is 0 Å². The third kappa shape index (κ3) is 5.27. The molecule has 0 spiro atoms. The van der Waals surface area contributed by atoms with Gasteiger partial charge < -0.3 is 14.5 Å². The van der Waals surface area contributed by atoms with Gasteiger partial charge in [-0.1, -0.05) is 0 Å². The van der Waals surface area contributed by atoms with Gasteiger partial charge in [0.1, 0.15) is 0 Å². The topological polar surface area (TPSA) is 49.9 Å². The highest BCUT2D eigenvalue weighted by molar-refractivity contribution is 5.79. The third-order valence-corrected chi connectivity index (χ3v) is 4.95. The van der Waals surface area contributed by atoms with Gasteiger partial charge in [-0.2, -0.15) is 0 Å². The first-order valence-corrected chi connectivity index (χ1v) is 8.75. The van der Waals surface area contributed by atoms with Crippen molar-refractivity contribution in [2.45, 2.75) is 51.4 Å². The Balaban J connectivity index is 1.63. The van der Waals surface area contributed by atoms with Gasteiger partial charge in [0.2, 0.25) is 11.8 Å². The first-order chi connectivity index (χ1) is 10.7. The first kappa shape index (κ1) is 17.3. The summed E-state index contributed by atoms with van der Waals surface area (Å²) >= 11 is 0. The van der Waals surface area contributed by atoms with Crippen LogP contribution in [0, 0.1) is 5.92 Å². The number of hydrogen-bond acceptors (Lipinski definition) is 3. The minimum atomic E-state index is 0.216. The van der Waals surface area contributed by atoms with Crippen molar-refractivity contribution in [3.05, 3.63) is 0 Å². The summed E-state index contributed by atoms with van der Waals surface area (Å²) in [5.41, 5.74) is 0. The van der Waals surface area contributed by atoms with Crippen LogP contribution in [0.4, 0.5) is 0 Å². The zero-order chi connectivity index (χ0) is 15.8. The van der Waals surface area contributed by atoms with E-state index in [0.29, 0.717) is 19.4 Å². The molecule has 2 aliphatic rings. The largest absolute Gasteiger partial charge is 0.385 e. The van der Waals surface area contributed by atoms with Crippen molar-refractivity contribution in [3.63, 3.8) is 0 Å². The zero-order valence-corrected chi connectivity index (χ0v) is 13.9. The Morgan fingerprint density at radius 1 is 1.23 bits per heavy atom. The van der Waals surface area contributed by atoms with E-state index < -0.39 is 0 Å². The standard InChI is InChI=1S/C17H30N2O3/c1-22-14-4-5-15-7-11-19(12-8-15)17(21)9-13-18-10-3-2-6-16(18)20/h15H,2-14H2,1H3. The molecule has 2 amide bonds. The summed E-state index contributed by atoms with van der Waals surface area (Å²) in [7, 11) is 1.74. The molecule has 22 heavy (non-hydrogen) atoms. The van der Waals surface area contributed by atoms with Crippen molar-refractivity contribution in [1.29, 1.82) is 0 Å². The molecule has 0 atom stereocenters. The number of carbonyl (C=O) groups excluding carboxylic acids is 2. The lowest BCUT2D eigenvalue weighted by atomic mass is 9.92. The van der Waals surface area contributed by atoms with Crippen LogP contribution in [0.2, 0.25) is 0 Å². The van der Waals surface area contributed by atoms with Gasteiger partial charge in [-0.25, -0.2) is 0 Å². The van der Waals surface area contributed by atoms with Crippen molar-refractivity contribution >= 4 is 11.8 Å². The Morgan fingerprint density at radius 3 is 2.68 bits per heavy atom. The highest BCUT2D eigenvalue weighted by Gasteiger charge is 2.24. The SMILES string of the molecule is COCCCC1CCN(C(=O)CCN2CCCCC2=O)CC1. The molecule has 0 N–H and O–H groups in total. The summed E-state index contributed by atoms with van der Waals surface area (Å²) in [6.07, 6.45) is 7.76. The van der Waals surface area contributed by atoms with Gasteiger partial charge in [-0.15, -0.1) is 0 Å².